The number of aryl methyl sites for hydroxylation is 1. The van der Waals surface area contributed by atoms with Gasteiger partial charge in [0.05, 0.1) is 6.10 Å². The van der Waals surface area contributed by atoms with Crippen LogP contribution in [0.5, 0.6) is 5.75 Å². The fraction of sp³-hybridized carbons (Fsp3) is 0.250. The average Bonchev–Trinajstić information content (AvgIpc) is 2.39. The van der Waals surface area contributed by atoms with Crippen LogP contribution in [0.4, 0.5) is 0 Å². The molecule has 0 aliphatic rings. The molecule has 2 aromatic rings. The molecule has 1 N–H and O–H groups in total. The zero-order valence-corrected chi connectivity index (χ0v) is 12.6. The van der Waals surface area contributed by atoms with E-state index in [-0.39, 0.29) is 0 Å². The summed E-state index contributed by atoms with van der Waals surface area (Å²) in [7, 11) is 0. The van der Waals surface area contributed by atoms with Crippen LogP contribution in [0.15, 0.2) is 46.9 Å². The fourth-order valence-electron chi connectivity index (χ4n) is 1.84. The lowest BCUT2D eigenvalue weighted by atomic mass is 10.1. The van der Waals surface area contributed by atoms with Crippen LogP contribution in [0.1, 0.15) is 29.7 Å². The van der Waals surface area contributed by atoms with E-state index >= 15 is 0 Å². The van der Waals surface area contributed by atoms with Crippen molar-refractivity contribution in [1.29, 1.82) is 0 Å². The van der Waals surface area contributed by atoms with Gasteiger partial charge in [-0.2, -0.15) is 0 Å². The molecule has 3 heteroatoms. The van der Waals surface area contributed by atoms with Gasteiger partial charge in [0.1, 0.15) is 12.4 Å². The lowest BCUT2D eigenvalue weighted by Crippen LogP contribution is -1.98. The summed E-state index contributed by atoms with van der Waals surface area (Å²) < 4.78 is 6.86. The molecule has 2 aromatic carbocycles. The van der Waals surface area contributed by atoms with Crippen LogP contribution in [0.25, 0.3) is 0 Å². The van der Waals surface area contributed by atoms with Crippen molar-refractivity contribution < 1.29 is 9.84 Å². The van der Waals surface area contributed by atoms with Crippen LogP contribution < -0.4 is 4.74 Å². The maximum atomic E-state index is 9.53. The second kappa shape index (κ2) is 6.22. The largest absolute Gasteiger partial charge is 0.489 e. The third-order valence-electron chi connectivity index (χ3n) is 2.99. The molecule has 0 aliphatic heterocycles. The van der Waals surface area contributed by atoms with Crippen molar-refractivity contribution in [3.8, 4) is 5.75 Å². The van der Waals surface area contributed by atoms with E-state index in [1.165, 1.54) is 0 Å². The summed E-state index contributed by atoms with van der Waals surface area (Å²) >= 11 is 3.41. The monoisotopic (exact) mass is 320 g/mol. The third-order valence-corrected chi connectivity index (χ3v) is 3.52. The Morgan fingerprint density at radius 2 is 1.84 bits per heavy atom. The smallest absolute Gasteiger partial charge is 0.122 e. The molecule has 2 rings (SSSR count). The first-order valence-electron chi connectivity index (χ1n) is 6.22. The number of aliphatic hydroxyl groups excluding tert-OH is 1. The SMILES string of the molecule is Cc1cc([C@H](C)O)ccc1OCc1ccc(Br)cc1. The molecule has 0 fully saturated rings. The molecular weight excluding hydrogens is 304 g/mol. The molecule has 100 valence electrons. The van der Waals surface area contributed by atoms with E-state index in [9.17, 15) is 5.11 Å². The predicted octanol–water partition coefficient (Wildman–Crippen LogP) is 4.39. The van der Waals surface area contributed by atoms with Crippen LogP contribution in [0.2, 0.25) is 0 Å². The highest BCUT2D eigenvalue weighted by molar-refractivity contribution is 9.10. The van der Waals surface area contributed by atoms with E-state index in [1.807, 2.05) is 49.4 Å². The second-order valence-corrected chi connectivity index (χ2v) is 5.53. The number of benzene rings is 2. The molecule has 0 saturated carbocycles. The van der Waals surface area contributed by atoms with Crippen molar-refractivity contribution in [1.82, 2.24) is 0 Å². The topological polar surface area (TPSA) is 29.5 Å². The number of halogens is 1. The van der Waals surface area contributed by atoms with Gasteiger partial charge in [-0.25, -0.2) is 0 Å². The zero-order chi connectivity index (χ0) is 13.8. The molecule has 0 heterocycles. The van der Waals surface area contributed by atoms with Crippen LogP contribution in [0, 0.1) is 6.92 Å². The highest BCUT2D eigenvalue weighted by Gasteiger charge is 2.05. The lowest BCUT2D eigenvalue weighted by Gasteiger charge is -2.12. The maximum Gasteiger partial charge on any atom is 0.122 e. The molecule has 0 aliphatic carbocycles. The molecule has 0 amide bonds. The Kier molecular flexibility index (Phi) is 4.61. The first kappa shape index (κ1) is 14.1. The number of rotatable bonds is 4. The molecule has 0 bridgehead atoms. The van der Waals surface area contributed by atoms with E-state index in [1.54, 1.807) is 6.92 Å². The van der Waals surface area contributed by atoms with Crippen LogP contribution in [-0.2, 0) is 6.61 Å². The van der Waals surface area contributed by atoms with E-state index in [0.29, 0.717) is 6.61 Å². The van der Waals surface area contributed by atoms with Gasteiger partial charge in [0.2, 0.25) is 0 Å². The van der Waals surface area contributed by atoms with Crippen molar-refractivity contribution >= 4 is 15.9 Å². The fourth-order valence-corrected chi connectivity index (χ4v) is 2.10. The van der Waals surface area contributed by atoms with E-state index in [0.717, 1.165) is 26.9 Å². The Morgan fingerprint density at radius 1 is 1.16 bits per heavy atom. The van der Waals surface area contributed by atoms with Crippen molar-refractivity contribution in [3.05, 3.63) is 63.6 Å². The summed E-state index contributed by atoms with van der Waals surface area (Å²) in [5.74, 6) is 0.854. The molecular formula is C16H17BrO2. The summed E-state index contributed by atoms with van der Waals surface area (Å²) in [5, 5.41) is 9.53. The summed E-state index contributed by atoms with van der Waals surface area (Å²) in [6.07, 6.45) is -0.445. The Balaban J connectivity index is 2.05. The number of hydrogen-bond acceptors (Lipinski definition) is 2. The van der Waals surface area contributed by atoms with Gasteiger partial charge in [-0.15, -0.1) is 0 Å². The number of hydrogen-bond donors (Lipinski definition) is 1. The van der Waals surface area contributed by atoms with Crippen molar-refractivity contribution in [2.24, 2.45) is 0 Å². The highest BCUT2D eigenvalue weighted by atomic mass is 79.9. The minimum absolute atomic E-state index is 0.445. The van der Waals surface area contributed by atoms with Gasteiger partial charge in [0.15, 0.2) is 0 Å². The summed E-state index contributed by atoms with van der Waals surface area (Å²) in [6, 6.07) is 13.8. The molecule has 0 unspecified atom stereocenters. The number of aliphatic hydroxyl groups is 1. The van der Waals surface area contributed by atoms with Crippen LogP contribution in [-0.4, -0.2) is 5.11 Å². The highest BCUT2D eigenvalue weighted by Crippen LogP contribution is 2.23. The Labute approximate surface area is 122 Å². The molecule has 1 atom stereocenters. The van der Waals surface area contributed by atoms with E-state index in [4.69, 9.17) is 4.74 Å². The second-order valence-electron chi connectivity index (χ2n) is 4.62. The zero-order valence-electron chi connectivity index (χ0n) is 11.1. The minimum Gasteiger partial charge on any atom is -0.489 e. The number of ether oxygens (including phenoxy) is 1. The molecule has 2 nitrogen and oxygen atoms in total. The summed E-state index contributed by atoms with van der Waals surface area (Å²) in [4.78, 5) is 0. The van der Waals surface area contributed by atoms with Gasteiger partial charge < -0.3 is 9.84 Å². The Bertz CT molecular complexity index is 547. The van der Waals surface area contributed by atoms with Crippen molar-refractivity contribution in [3.63, 3.8) is 0 Å². The standard InChI is InChI=1S/C16H17BrO2/c1-11-9-14(12(2)18)5-8-16(11)19-10-13-3-6-15(17)7-4-13/h3-9,12,18H,10H2,1-2H3/t12-/m0/s1. The predicted molar refractivity (Wildman–Crippen MR) is 80.3 cm³/mol. The first-order valence-corrected chi connectivity index (χ1v) is 7.01. The normalized spacial score (nSPS) is 12.2. The minimum atomic E-state index is -0.445. The molecule has 0 radical (unpaired) electrons. The van der Waals surface area contributed by atoms with Crippen LogP contribution >= 0.6 is 15.9 Å². The van der Waals surface area contributed by atoms with Crippen molar-refractivity contribution in [2.45, 2.75) is 26.6 Å². The quantitative estimate of drug-likeness (QED) is 0.905. The Morgan fingerprint density at radius 3 is 2.42 bits per heavy atom. The van der Waals surface area contributed by atoms with Gasteiger partial charge in [-0.05, 0) is 54.8 Å². The van der Waals surface area contributed by atoms with Gasteiger partial charge in [-0.1, -0.05) is 34.1 Å². The van der Waals surface area contributed by atoms with Crippen LogP contribution in [0.3, 0.4) is 0 Å². The van der Waals surface area contributed by atoms with Crippen molar-refractivity contribution in [2.75, 3.05) is 0 Å². The first-order chi connectivity index (χ1) is 9.06. The summed E-state index contributed by atoms with van der Waals surface area (Å²) in [5.41, 5.74) is 3.08. The molecule has 0 aromatic heterocycles. The van der Waals surface area contributed by atoms with E-state index in [2.05, 4.69) is 15.9 Å². The van der Waals surface area contributed by atoms with Gasteiger partial charge in [0, 0.05) is 4.47 Å². The van der Waals surface area contributed by atoms with Gasteiger partial charge >= 0.3 is 0 Å². The Hall–Kier alpha value is -1.32. The van der Waals surface area contributed by atoms with Gasteiger partial charge in [-0.3, -0.25) is 0 Å². The maximum absolute atomic E-state index is 9.53. The molecule has 19 heavy (non-hydrogen) atoms. The summed E-state index contributed by atoms with van der Waals surface area (Å²) in [6.45, 7) is 4.29. The molecule has 0 spiro atoms. The lowest BCUT2D eigenvalue weighted by molar-refractivity contribution is 0.199. The molecule has 0 saturated heterocycles. The van der Waals surface area contributed by atoms with E-state index < -0.39 is 6.10 Å². The third kappa shape index (κ3) is 3.82. The van der Waals surface area contributed by atoms with Gasteiger partial charge in [0.25, 0.3) is 0 Å². The average molecular weight is 321 g/mol.